The van der Waals surface area contributed by atoms with Crippen LogP contribution in [0.15, 0.2) is 0 Å². The van der Waals surface area contributed by atoms with Gasteiger partial charge < -0.3 is 5.32 Å². The van der Waals surface area contributed by atoms with Gasteiger partial charge in [0.25, 0.3) is 0 Å². The van der Waals surface area contributed by atoms with Gasteiger partial charge >= 0.3 is 0 Å². The fourth-order valence-electron chi connectivity index (χ4n) is 2.13. The summed E-state index contributed by atoms with van der Waals surface area (Å²) in [7, 11) is 0. The molecular formula is C9H16N2O. The van der Waals surface area contributed by atoms with Crippen LogP contribution in [0, 0.1) is 11.8 Å². The van der Waals surface area contributed by atoms with Gasteiger partial charge in [0.1, 0.15) is 0 Å². The Morgan fingerprint density at radius 1 is 1.42 bits per heavy atom. The van der Waals surface area contributed by atoms with Crippen LogP contribution in [0.4, 0.5) is 0 Å². The van der Waals surface area contributed by atoms with Crippen LogP contribution >= 0.6 is 0 Å². The van der Waals surface area contributed by atoms with Gasteiger partial charge in [0.15, 0.2) is 0 Å². The Hall–Kier alpha value is -0.570. The van der Waals surface area contributed by atoms with E-state index in [0.717, 1.165) is 5.92 Å². The van der Waals surface area contributed by atoms with Crippen LogP contribution in [-0.2, 0) is 4.79 Å². The van der Waals surface area contributed by atoms with Crippen LogP contribution in [0.1, 0.15) is 26.2 Å². The standard InChI is InChI=1S/C9H16N2O/c1-6-8(7-3-2-4-7)10-5-11-9(6)12/h6-8,10H,2-5H2,1H3,(H,11,12). The minimum absolute atomic E-state index is 0.157. The first-order valence-corrected chi connectivity index (χ1v) is 4.80. The van der Waals surface area contributed by atoms with Crippen molar-refractivity contribution in [3.8, 4) is 0 Å². The highest BCUT2D eigenvalue weighted by atomic mass is 16.2. The van der Waals surface area contributed by atoms with E-state index in [1.54, 1.807) is 0 Å². The predicted molar refractivity (Wildman–Crippen MR) is 46.4 cm³/mol. The predicted octanol–water partition coefficient (Wildman–Crippen LogP) is 0.468. The highest BCUT2D eigenvalue weighted by Crippen LogP contribution is 2.33. The first-order valence-electron chi connectivity index (χ1n) is 4.80. The minimum Gasteiger partial charge on any atom is -0.343 e. The van der Waals surface area contributed by atoms with E-state index < -0.39 is 0 Å². The third kappa shape index (κ3) is 1.22. The summed E-state index contributed by atoms with van der Waals surface area (Å²) in [5, 5.41) is 6.18. The zero-order valence-corrected chi connectivity index (χ0v) is 7.47. The van der Waals surface area contributed by atoms with E-state index in [1.165, 1.54) is 19.3 Å². The van der Waals surface area contributed by atoms with E-state index in [9.17, 15) is 4.79 Å². The van der Waals surface area contributed by atoms with Crippen LogP contribution in [0.25, 0.3) is 0 Å². The molecule has 1 aliphatic heterocycles. The highest BCUT2D eigenvalue weighted by molar-refractivity contribution is 5.79. The second kappa shape index (κ2) is 3.05. The quantitative estimate of drug-likeness (QED) is 0.597. The fraction of sp³-hybridized carbons (Fsp3) is 0.889. The Labute approximate surface area is 72.9 Å². The van der Waals surface area contributed by atoms with Crippen molar-refractivity contribution in [3.05, 3.63) is 0 Å². The molecule has 2 unspecified atom stereocenters. The maximum Gasteiger partial charge on any atom is 0.225 e. The van der Waals surface area contributed by atoms with Crippen LogP contribution in [0.5, 0.6) is 0 Å². The number of amides is 1. The third-order valence-corrected chi connectivity index (χ3v) is 3.21. The summed E-state index contributed by atoms with van der Waals surface area (Å²) in [4.78, 5) is 11.3. The van der Waals surface area contributed by atoms with Crippen molar-refractivity contribution in [1.29, 1.82) is 0 Å². The minimum atomic E-state index is 0.157. The number of hydrogen-bond acceptors (Lipinski definition) is 2. The molecule has 12 heavy (non-hydrogen) atoms. The maximum atomic E-state index is 11.3. The lowest BCUT2D eigenvalue weighted by Gasteiger charge is -2.40. The molecule has 0 spiro atoms. The molecule has 2 atom stereocenters. The average molecular weight is 168 g/mol. The summed E-state index contributed by atoms with van der Waals surface area (Å²) in [5.41, 5.74) is 0. The molecule has 2 fully saturated rings. The SMILES string of the molecule is CC1C(=O)NCNC1C1CCC1. The van der Waals surface area contributed by atoms with Gasteiger partial charge in [-0.3, -0.25) is 10.1 Å². The second-order valence-corrected chi connectivity index (χ2v) is 3.93. The molecule has 2 aliphatic rings. The average Bonchev–Trinajstić information content (AvgIpc) is 1.95. The number of carbonyl (C=O) groups is 1. The van der Waals surface area contributed by atoms with E-state index >= 15 is 0 Å². The van der Waals surface area contributed by atoms with E-state index in [0.29, 0.717) is 12.7 Å². The van der Waals surface area contributed by atoms with Crippen LogP contribution in [-0.4, -0.2) is 18.6 Å². The van der Waals surface area contributed by atoms with E-state index in [1.807, 2.05) is 6.92 Å². The number of carbonyl (C=O) groups excluding carboxylic acids is 1. The van der Waals surface area contributed by atoms with Gasteiger partial charge in [-0.05, 0) is 18.8 Å². The Balaban J connectivity index is 1.98. The molecule has 1 amide bonds. The van der Waals surface area contributed by atoms with Gasteiger partial charge in [-0.25, -0.2) is 0 Å². The lowest BCUT2D eigenvalue weighted by atomic mass is 9.74. The van der Waals surface area contributed by atoms with Crippen LogP contribution < -0.4 is 10.6 Å². The lowest BCUT2D eigenvalue weighted by Crippen LogP contribution is -2.57. The molecule has 0 aromatic heterocycles. The van der Waals surface area contributed by atoms with Crippen molar-refractivity contribution in [2.45, 2.75) is 32.2 Å². The molecule has 68 valence electrons. The van der Waals surface area contributed by atoms with Gasteiger partial charge in [0, 0.05) is 6.04 Å². The molecule has 3 heteroatoms. The van der Waals surface area contributed by atoms with Gasteiger partial charge in [0.2, 0.25) is 5.91 Å². The largest absolute Gasteiger partial charge is 0.343 e. The van der Waals surface area contributed by atoms with Gasteiger partial charge in [-0.1, -0.05) is 13.3 Å². The number of rotatable bonds is 1. The first kappa shape index (κ1) is 8.05. The Morgan fingerprint density at radius 3 is 2.75 bits per heavy atom. The zero-order chi connectivity index (χ0) is 8.55. The smallest absolute Gasteiger partial charge is 0.225 e. The summed E-state index contributed by atoms with van der Waals surface area (Å²) < 4.78 is 0. The summed E-state index contributed by atoms with van der Waals surface area (Å²) in [6.45, 7) is 2.68. The number of hydrogen-bond donors (Lipinski definition) is 2. The van der Waals surface area contributed by atoms with Crippen molar-refractivity contribution in [2.75, 3.05) is 6.67 Å². The van der Waals surface area contributed by atoms with Crippen molar-refractivity contribution in [1.82, 2.24) is 10.6 Å². The molecule has 3 nitrogen and oxygen atoms in total. The van der Waals surface area contributed by atoms with E-state index in [4.69, 9.17) is 0 Å². The van der Waals surface area contributed by atoms with Crippen molar-refractivity contribution in [2.24, 2.45) is 11.8 Å². The van der Waals surface area contributed by atoms with Crippen molar-refractivity contribution >= 4 is 5.91 Å². The molecular weight excluding hydrogens is 152 g/mol. The monoisotopic (exact) mass is 168 g/mol. The molecule has 1 saturated carbocycles. The summed E-state index contributed by atoms with van der Waals surface area (Å²) in [6.07, 6.45) is 3.95. The topological polar surface area (TPSA) is 41.1 Å². The zero-order valence-electron chi connectivity index (χ0n) is 7.47. The fourth-order valence-corrected chi connectivity index (χ4v) is 2.13. The molecule has 1 aliphatic carbocycles. The van der Waals surface area contributed by atoms with Gasteiger partial charge in [-0.2, -0.15) is 0 Å². The normalized spacial score (nSPS) is 37.2. The lowest BCUT2D eigenvalue weighted by molar-refractivity contribution is -0.128. The molecule has 0 bridgehead atoms. The molecule has 2 rings (SSSR count). The van der Waals surface area contributed by atoms with Crippen molar-refractivity contribution < 1.29 is 4.79 Å². The first-order chi connectivity index (χ1) is 5.79. The number of nitrogens with one attached hydrogen (secondary N) is 2. The van der Waals surface area contributed by atoms with Gasteiger partial charge in [-0.15, -0.1) is 0 Å². The maximum absolute atomic E-state index is 11.3. The third-order valence-electron chi connectivity index (χ3n) is 3.21. The Bertz CT molecular complexity index is 189. The van der Waals surface area contributed by atoms with Crippen molar-refractivity contribution in [3.63, 3.8) is 0 Å². The molecule has 0 aromatic carbocycles. The summed E-state index contributed by atoms with van der Waals surface area (Å²) >= 11 is 0. The van der Waals surface area contributed by atoms with Crippen LogP contribution in [0.3, 0.4) is 0 Å². The summed E-state index contributed by atoms with van der Waals surface area (Å²) in [5.74, 6) is 1.13. The Kier molecular flexibility index (Phi) is 2.05. The molecule has 0 aromatic rings. The van der Waals surface area contributed by atoms with E-state index in [2.05, 4.69) is 10.6 Å². The van der Waals surface area contributed by atoms with E-state index in [-0.39, 0.29) is 11.8 Å². The molecule has 1 saturated heterocycles. The van der Waals surface area contributed by atoms with Gasteiger partial charge in [0.05, 0.1) is 12.6 Å². The molecule has 2 N–H and O–H groups in total. The molecule has 1 heterocycles. The molecule has 0 radical (unpaired) electrons. The van der Waals surface area contributed by atoms with Crippen LogP contribution in [0.2, 0.25) is 0 Å². The summed E-state index contributed by atoms with van der Waals surface area (Å²) in [6, 6.07) is 0.438. The Morgan fingerprint density at radius 2 is 2.17 bits per heavy atom. The second-order valence-electron chi connectivity index (χ2n) is 3.93. The highest BCUT2D eigenvalue weighted by Gasteiger charge is 2.36.